The normalized spacial score (nSPS) is 25.6. The van der Waals surface area contributed by atoms with Gasteiger partial charge in [-0.2, -0.15) is 0 Å². The van der Waals surface area contributed by atoms with Crippen molar-refractivity contribution in [2.45, 2.75) is 32.8 Å². The minimum absolute atomic E-state index is 0.195. The molecule has 112 valence electrons. The van der Waals surface area contributed by atoms with Crippen molar-refractivity contribution >= 4 is 15.9 Å². The van der Waals surface area contributed by atoms with Crippen LogP contribution in [0.1, 0.15) is 26.7 Å². The molecule has 3 nitrogen and oxygen atoms in total. The van der Waals surface area contributed by atoms with Crippen LogP contribution in [-0.2, 0) is 4.74 Å². The zero-order valence-corrected chi connectivity index (χ0v) is 13.8. The molecule has 0 bridgehead atoms. The molecule has 1 aromatic rings. The van der Waals surface area contributed by atoms with E-state index in [0.717, 1.165) is 36.3 Å². The molecule has 0 spiro atoms. The molecular weight excluding hydrogens is 320 g/mol. The van der Waals surface area contributed by atoms with E-state index >= 15 is 0 Å². The molecule has 2 rings (SSSR count). The van der Waals surface area contributed by atoms with Crippen molar-refractivity contribution in [3.05, 3.63) is 24.3 Å². The summed E-state index contributed by atoms with van der Waals surface area (Å²) >= 11 is 3.64. The van der Waals surface area contributed by atoms with Gasteiger partial charge in [-0.1, -0.05) is 28.1 Å². The second-order valence-electron chi connectivity index (χ2n) is 5.24. The smallest absolute Gasteiger partial charge is 0.161 e. The van der Waals surface area contributed by atoms with E-state index in [1.54, 1.807) is 0 Å². The first kappa shape index (κ1) is 15.6. The Hall–Kier alpha value is -0.740. The van der Waals surface area contributed by atoms with Crippen molar-refractivity contribution in [3.8, 4) is 11.5 Å². The lowest BCUT2D eigenvalue weighted by atomic mass is 9.81. The van der Waals surface area contributed by atoms with Gasteiger partial charge in [-0.25, -0.2) is 0 Å². The summed E-state index contributed by atoms with van der Waals surface area (Å²) in [4.78, 5) is 0. The highest BCUT2D eigenvalue weighted by Crippen LogP contribution is 2.40. The van der Waals surface area contributed by atoms with Crippen LogP contribution in [0.5, 0.6) is 11.5 Å². The predicted molar refractivity (Wildman–Crippen MR) is 84.0 cm³/mol. The fourth-order valence-corrected chi connectivity index (χ4v) is 3.61. The number of para-hydroxylation sites is 2. The lowest BCUT2D eigenvalue weighted by Crippen LogP contribution is -2.32. The average Bonchev–Trinajstić information content (AvgIpc) is 2.83. The SMILES string of the molecule is CCOc1ccccc1OCCC1(CBr)CCOC1C. The predicted octanol–water partition coefficient (Wildman–Crippen LogP) is 4.04. The Labute approximate surface area is 129 Å². The van der Waals surface area contributed by atoms with Crippen LogP contribution in [0.4, 0.5) is 0 Å². The van der Waals surface area contributed by atoms with Gasteiger partial charge in [0.15, 0.2) is 11.5 Å². The lowest BCUT2D eigenvalue weighted by molar-refractivity contribution is 0.0630. The van der Waals surface area contributed by atoms with Crippen LogP contribution >= 0.6 is 15.9 Å². The topological polar surface area (TPSA) is 27.7 Å². The van der Waals surface area contributed by atoms with Gasteiger partial charge in [0.1, 0.15) is 0 Å². The summed E-state index contributed by atoms with van der Waals surface area (Å²) in [5, 5.41) is 0.956. The monoisotopic (exact) mass is 342 g/mol. The maximum atomic E-state index is 5.93. The summed E-state index contributed by atoms with van der Waals surface area (Å²) in [7, 11) is 0. The second-order valence-corrected chi connectivity index (χ2v) is 5.80. The molecule has 1 aromatic carbocycles. The highest BCUT2D eigenvalue weighted by Gasteiger charge is 2.40. The van der Waals surface area contributed by atoms with Gasteiger partial charge in [0.25, 0.3) is 0 Å². The van der Waals surface area contributed by atoms with Crippen LogP contribution < -0.4 is 9.47 Å². The third-order valence-corrected chi connectivity index (χ3v) is 5.22. The van der Waals surface area contributed by atoms with Gasteiger partial charge in [-0.3, -0.25) is 0 Å². The molecule has 0 amide bonds. The van der Waals surface area contributed by atoms with Crippen LogP contribution in [0.2, 0.25) is 0 Å². The molecule has 1 aliphatic heterocycles. The number of alkyl halides is 1. The quantitative estimate of drug-likeness (QED) is 0.699. The van der Waals surface area contributed by atoms with Gasteiger partial charge >= 0.3 is 0 Å². The number of hydrogen-bond donors (Lipinski definition) is 0. The molecule has 2 unspecified atom stereocenters. The van der Waals surface area contributed by atoms with Crippen LogP contribution in [0.25, 0.3) is 0 Å². The van der Waals surface area contributed by atoms with Gasteiger partial charge in [-0.15, -0.1) is 0 Å². The largest absolute Gasteiger partial charge is 0.490 e. The molecule has 0 N–H and O–H groups in total. The fraction of sp³-hybridized carbons (Fsp3) is 0.625. The molecule has 0 aliphatic carbocycles. The van der Waals surface area contributed by atoms with Crippen molar-refractivity contribution < 1.29 is 14.2 Å². The van der Waals surface area contributed by atoms with E-state index < -0.39 is 0 Å². The summed E-state index contributed by atoms with van der Waals surface area (Å²) in [5.74, 6) is 1.64. The minimum Gasteiger partial charge on any atom is -0.490 e. The molecule has 20 heavy (non-hydrogen) atoms. The zero-order valence-electron chi connectivity index (χ0n) is 12.2. The molecule has 0 radical (unpaired) electrons. The molecule has 0 aromatic heterocycles. The first-order valence-corrected chi connectivity index (χ1v) is 8.36. The fourth-order valence-electron chi connectivity index (χ4n) is 2.60. The van der Waals surface area contributed by atoms with Gasteiger partial charge in [0, 0.05) is 17.4 Å². The van der Waals surface area contributed by atoms with Crippen molar-refractivity contribution in [2.24, 2.45) is 5.41 Å². The Morgan fingerprint density at radius 2 is 2.00 bits per heavy atom. The maximum absolute atomic E-state index is 5.93. The van der Waals surface area contributed by atoms with Crippen molar-refractivity contribution in [3.63, 3.8) is 0 Å². The molecule has 0 saturated carbocycles. The maximum Gasteiger partial charge on any atom is 0.161 e. The number of hydrogen-bond acceptors (Lipinski definition) is 3. The van der Waals surface area contributed by atoms with Crippen LogP contribution in [-0.4, -0.2) is 31.3 Å². The Bertz CT molecular complexity index is 424. The molecular formula is C16H23BrO3. The Kier molecular flexibility index (Phi) is 5.73. The van der Waals surface area contributed by atoms with Crippen molar-refractivity contribution in [1.29, 1.82) is 0 Å². The summed E-state index contributed by atoms with van der Waals surface area (Å²) < 4.78 is 17.2. The van der Waals surface area contributed by atoms with E-state index in [1.165, 1.54) is 0 Å². The summed E-state index contributed by atoms with van der Waals surface area (Å²) in [6.07, 6.45) is 2.36. The molecule has 1 aliphatic rings. The first-order valence-electron chi connectivity index (χ1n) is 7.24. The number of rotatable bonds is 7. The summed E-state index contributed by atoms with van der Waals surface area (Å²) in [6, 6.07) is 7.84. The standard InChI is InChI=1S/C16H23BrO3/c1-3-18-14-6-4-5-7-15(14)20-11-9-16(12-17)8-10-19-13(16)2/h4-7,13H,3,8-12H2,1-2H3. The number of ether oxygens (including phenoxy) is 3. The van der Waals surface area contributed by atoms with E-state index in [2.05, 4.69) is 22.9 Å². The minimum atomic E-state index is 0.195. The van der Waals surface area contributed by atoms with E-state index in [1.807, 2.05) is 31.2 Å². The van der Waals surface area contributed by atoms with Crippen LogP contribution in [0, 0.1) is 5.41 Å². The highest BCUT2D eigenvalue weighted by atomic mass is 79.9. The van der Waals surface area contributed by atoms with Gasteiger partial charge < -0.3 is 14.2 Å². The van der Waals surface area contributed by atoms with Gasteiger partial charge in [0.2, 0.25) is 0 Å². The van der Waals surface area contributed by atoms with Crippen molar-refractivity contribution in [2.75, 3.05) is 25.2 Å². The Morgan fingerprint density at radius 1 is 1.30 bits per heavy atom. The first-order chi connectivity index (χ1) is 9.72. The number of benzene rings is 1. The Morgan fingerprint density at radius 3 is 2.55 bits per heavy atom. The molecule has 1 saturated heterocycles. The summed E-state index contributed by atoms with van der Waals surface area (Å²) in [5.41, 5.74) is 0.195. The van der Waals surface area contributed by atoms with Crippen molar-refractivity contribution in [1.82, 2.24) is 0 Å². The average molecular weight is 343 g/mol. The molecule has 4 heteroatoms. The van der Waals surface area contributed by atoms with Crippen LogP contribution in [0.15, 0.2) is 24.3 Å². The van der Waals surface area contributed by atoms with Gasteiger partial charge in [0.05, 0.1) is 19.3 Å². The number of halogens is 1. The molecule has 2 atom stereocenters. The zero-order chi connectivity index (χ0) is 14.4. The van der Waals surface area contributed by atoms with Crippen LogP contribution in [0.3, 0.4) is 0 Å². The third kappa shape index (κ3) is 3.47. The van der Waals surface area contributed by atoms with Gasteiger partial charge in [-0.05, 0) is 38.8 Å². The highest BCUT2D eigenvalue weighted by molar-refractivity contribution is 9.09. The lowest BCUT2D eigenvalue weighted by Gasteiger charge is -2.30. The van der Waals surface area contributed by atoms with E-state index in [0.29, 0.717) is 13.2 Å². The summed E-state index contributed by atoms with van der Waals surface area (Å²) in [6.45, 7) is 6.32. The molecule has 1 fully saturated rings. The van der Waals surface area contributed by atoms with E-state index in [-0.39, 0.29) is 11.5 Å². The van der Waals surface area contributed by atoms with E-state index in [4.69, 9.17) is 14.2 Å². The second kappa shape index (κ2) is 7.32. The Balaban J connectivity index is 1.92. The van der Waals surface area contributed by atoms with E-state index in [9.17, 15) is 0 Å². The molecule has 1 heterocycles. The third-order valence-electron chi connectivity index (χ3n) is 4.10.